The largest absolute Gasteiger partial charge is 0.388 e. The second-order valence-electron chi connectivity index (χ2n) is 3.73. The van der Waals surface area contributed by atoms with Crippen molar-refractivity contribution < 1.29 is 9.84 Å². The van der Waals surface area contributed by atoms with Gasteiger partial charge in [0.15, 0.2) is 0 Å². The van der Waals surface area contributed by atoms with E-state index in [0.717, 1.165) is 23.1 Å². The summed E-state index contributed by atoms with van der Waals surface area (Å²) in [7, 11) is 0. The normalized spacial score (nSPS) is 23.0. The average Bonchev–Trinajstić information content (AvgIpc) is 2.69. The van der Waals surface area contributed by atoms with E-state index >= 15 is 0 Å². The van der Waals surface area contributed by atoms with E-state index in [2.05, 4.69) is 15.9 Å². The molecule has 82 valence electrons. The molecule has 1 saturated heterocycles. The van der Waals surface area contributed by atoms with Crippen molar-refractivity contribution in [3.05, 3.63) is 33.3 Å². The Labute approximate surface area is 102 Å². The molecule has 1 fully saturated rings. The maximum absolute atomic E-state index is 10.1. The standard InChI is InChI=1S/C11H12BrClO2/c12-8-1-2-9(10(13)5-8)11(14)7-3-4-15-6-7/h1-2,5,7,11,14H,3-4,6H2. The summed E-state index contributed by atoms with van der Waals surface area (Å²) in [4.78, 5) is 0. The number of ether oxygens (including phenoxy) is 1. The molecule has 1 N–H and O–H groups in total. The third-order valence-corrected chi connectivity index (χ3v) is 3.51. The molecule has 15 heavy (non-hydrogen) atoms. The van der Waals surface area contributed by atoms with Crippen LogP contribution in [0.2, 0.25) is 5.02 Å². The van der Waals surface area contributed by atoms with Crippen LogP contribution in [0.3, 0.4) is 0 Å². The third kappa shape index (κ3) is 2.53. The van der Waals surface area contributed by atoms with E-state index in [1.54, 1.807) is 6.07 Å². The Hall–Kier alpha value is -0.0900. The van der Waals surface area contributed by atoms with Crippen LogP contribution in [0, 0.1) is 5.92 Å². The molecule has 2 atom stereocenters. The molecule has 0 aromatic heterocycles. The Morgan fingerprint density at radius 3 is 2.93 bits per heavy atom. The summed E-state index contributed by atoms with van der Waals surface area (Å²) in [6.07, 6.45) is 0.376. The molecule has 0 aliphatic carbocycles. The minimum absolute atomic E-state index is 0.170. The highest BCUT2D eigenvalue weighted by Crippen LogP contribution is 2.33. The van der Waals surface area contributed by atoms with Crippen LogP contribution in [0.5, 0.6) is 0 Å². The molecule has 4 heteroatoms. The van der Waals surface area contributed by atoms with Crippen molar-refractivity contribution in [1.82, 2.24) is 0 Å². The number of rotatable bonds is 2. The fourth-order valence-electron chi connectivity index (χ4n) is 1.80. The summed E-state index contributed by atoms with van der Waals surface area (Å²) in [5.41, 5.74) is 0.787. The monoisotopic (exact) mass is 290 g/mol. The molecule has 0 bridgehead atoms. The lowest BCUT2D eigenvalue weighted by Gasteiger charge is -2.18. The first-order chi connectivity index (χ1) is 7.18. The van der Waals surface area contributed by atoms with Crippen LogP contribution in [0.1, 0.15) is 18.1 Å². The first kappa shape index (κ1) is 11.4. The molecule has 0 amide bonds. The van der Waals surface area contributed by atoms with E-state index in [4.69, 9.17) is 16.3 Å². The molecule has 2 rings (SSSR count). The lowest BCUT2D eigenvalue weighted by atomic mass is 9.95. The minimum atomic E-state index is -0.520. The van der Waals surface area contributed by atoms with Gasteiger partial charge in [-0.05, 0) is 24.1 Å². The molecule has 0 radical (unpaired) electrons. The summed E-state index contributed by atoms with van der Waals surface area (Å²) >= 11 is 9.41. The van der Waals surface area contributed by atoms with Gasteiger partial charge in [-0.1, -0.05) is 33.6 Å². The molecule has 1 heterocycles. The van der Waals surface area contributed by atoms with Crippen LogP contribution in [0.15, 0.2) is 22.7 Å². The van der Waals surface area contributed by atoms with E-state index in [1.165, 1.54) is 0 Å². The summed E-state index contributed by atoms with van der Waals surface area (Å²) in [5.74, 6) is 0.170. The Morgan fingerprint density at radius 2 is 2.33 bits per heavy atom. The van der Waals surface area contributed by atoms with Gasteiger partial charge in [0, 0.05) is 22.0 Å². The van der Waals surface area contributed by atoms with Crippen LogP contribution < -0.4 is 0 Å². The van der Waals surface area contributed by atoms with E-state index in [-0.39, 0.29) is 5.92 Å². The lowest BCUT2D eigenvalue weighted by Crippen LogP contribution is -2.12. The summed E-state index contributed by atoms with van der Waals surface area (Å²) in [6.45, 7) is 1.35. The molecule has 1 aliphatic rings. The van der Waals surface area contributed by atoms with Gasteiger partial charge in [-0.2, -0.15) is 0 Å². The summed E-state index contributed by atoms with van der Waals surface area (Å²) in [5, 5.41) is 10.7. The zero-order chi connectivity index (χ0) is 10.8. The van der Waals surface area contributed by atoms with Crippen LogP contribution in [0.4, 0.5) is 0 Å². The molecule has 0 spiro atoms. The van der Waals surface area contributed by atoms with Gasteiger partial charge in [0.05, 0.1) is 12.7 Å². The molecule has 1 aliphatic heterocycles. The molecule has 1 aromatic rings. The number of halogens is 2. The maximum Gasteiger partial charge on any atom is 0.0855 e. The van der Waals surface area contributed by atoms with Crippen LogP contribution in [-0.4, -0.2) is 18.3 Å². The zero-order valence-corrected chi connectivity index (χ0v) is 10.5. The number of aliphatic hydroxyl groups excluding tert-OH is 1. The Bertz CT molecular complexity index is 350. The van der Waals surface area contributed by atoms with Gasteiger partial charge >= 0.3 is 0 Å². The van der Waals surface area contributed by atoms with Gasteiger partial charge in [0.25, 0.3) is 0 Å². The van der Waals surface area contributed by atoms with Gasteiger partial charge in [0.2, 0.25) is 0 Å². The number of hydrogen-bond acceptors (Lipinski definition) is 2. The highest BCUT2D eigenvalue weighted by molar-refractivity contribution is 9.10. The topological polar surface area (TPSA) is 29.5 Å². The predicted molar refractivity (Wildman–Crippen MR) is 63.0 cm³/mol. The number of aliphatic hydroxyl groups is 1. The highest BCUT2D eigenvalue weighted by atomic mass is 79.9. The first-order valence-electron chi connectivity index (χ1n) is 4.89. The van der Waals surface area contributed by atoms with Gasteiger partial charge in [-0.25, -0.2) is 0 Å². The van der Waals surface area contributed by atoms with Crippen molar-refractivity contribution in [3.8, 4) is 0 Å². The molecule has 1 aromatic carbocycles. The number of benzene rings is 1. The van der Waals surface area contributed by atoms with E-state index in [1.807, 2.05) is 12.1 Å². The second kappa shape index (κ2) is 4.83. The van der Waals surface area contributed by atoms with Gasteiger partial charge in [-0.3, -0.25) is 0 Å². The van der Waals surface area contributed by atoms with Gasteiger partial charge in [0.1, 0.15) is 0 Å². The summed E-state index contributed by atoms with van der Waals surface area (Å²) < 4.78 is 6.17. The van der Waals surface area contributed by atoms with Crippen LogP contribution in [-0.2, 0) is 4.74 Å². The molecular formula is C11H12BrClO2. The third-order valence-electron chi connectivity index (χ3n) is 2.69. The lowest BCUT2D eigenvalue weighted by molar-refractivity contribution is 0.0919. The highest BCUT2D eigenvalue weighted by Gasteiger charge is 2.26. The fourth-order valence-corrected chi connectivity index (χ4v) is 2.58. The van der Waals surface area contributed by atoms with Crippen LogP contribution >= 0.6 is 27.5 Å². The fraction of sp³-hybridized carbons (Fsp3) is 0.455. The Balaban J connectivity index is 2.20. The average molecular weight is 292 g/mol. The van der Waals surface area contributed by atoms with Crippen molar-refractivity contribution in [1.29, 1.82) is 0 Å². The van der Waals surface area contributed by atoms with E-state index in [9.17, 15) is 5.11 Å². The quantitative estimate of drug-likeness (QED) is 0.907. The van der Waals surface area contributed by atoms with Gasteiger partial charge in [-0.15, -0.1) is 0 Å². The molecular weight excluding hydrogens is 279 g/mol. The number of hydrogen-bond donors (Lipinski definition) is 1. The van der Waals surface area contributed by atoms with Crippen molar-refractivity contribution in [2.45, 2.75) is 12.5 Å². The maximum atomic E-state index is 10.1. The predicted octanol–water partition coefficient (Wildman–Crippen LogP) is 3.17. The summed E-state index contributed by atoms with van der Waals surface area (Å²) in [6, 6.07) is 5.55. The zero-order valence-electron chi connectivity index (χ0n) is 8.12. The Kier molecular flexibility index (Phi) is 3.67. The Morgan fingerprint density at radius 1 is 1.53 bits per heavy atom. The SMILES string of the molecule is OC(c1ccc(Br)cc1Cl)C1CCOC1. The van der Waals surface area contributed by atoms with E-state index < -0.39 is 6.10 Å². The minimum Gasteiger partial charge on any atom is -0.388 e. The molecule has 2 unspecified atom stereocenters. The van der Waals surface area contributed by atoms with E-state index in [0.29, 0.717) is 11.6 Å². The van der Waals surface area contributed by atoms with Crippen molar-refractivity contribution in [2.24, 2.45) is 5.92 Å². The van der Waals surface area contributed by atoms with Crippen LogP contribution in [0.25, 0.3) is 0 Å². The molecule has 2 nitrogen and oxygen atoms in total. The smallest absolute Gasteiger partial charge is 0.0855 e. The van der Waals surface area contributed by atoms with Crippen molar-refractivity contribution >= 4 is 27.5 Å². The van der Waals surface area contributed by atoms with Crippen molar-refractivity contribution in [2.75, 3.05) is 13.2 Å². The second-order valence-corrected chi connectivity index (χ2v) is 5.06. The first-order valence-corrected chi connectivity index (χ1v) is 6.06. The molecule has 0 saturated carbocycles. The van der Waals surface area contributed by atoms with Gasteiger partial charge < -0.3 is 9.84 Å². The van der Waals surface area contributed by atoms with Crippen molar-refractivity contribution in [3.63, 3.8) is 0 Å².